The van der Waals surface area contributed by atoms with E-state index in [1.807, 2.05) is 0 Å². The maximum atomic E-state index is 10.7. The molecule has 0 saturated heterocycles. The molecule has 0 saturated carbocycles. The number of aromatic nitrogens is 2. The number of non-ortho nitro benzene ring substituents is 1. The maximum Gasteiger partial charge on any atom is 0.273 e. The van der Waals surface area contributed by atoms with Crippen LogP contribution in [-0.2, 0) is 0 Å². The zero-order valence-electron chi connectivity index (χ0n) is 10.5. The van der Waals surface area contributed by atoms with E-state index in [1.165, 1.54) is 18.3 Å². The van der Waals surface area contributed by atoms with Gasteiger partial charge in [-0.3, -0.25) is 15.1 Å². The lowest BCUT2D eigenvalue weighted by molar-refractivity contribution is -0.384. The van der Waals surface area contributed by atoms with E-state index in [0.29, 0.717) is 11.6 Å². The number of nitro benzene ring substituents is 1. The average Bonchev–Trinajstić information content (AvgIpc) is 2.41. The molecule has 1 heterocycles. The molecule has 1 aromatic carbocycles. The van der Waals surface area contributed by atoms with E-state index in [9.17, 15) is 10.1 Å². The first kappa shape index (κ1) is 12.7. The van der Waals surface area contributed by atoms with Gasteiger partial charge in [0.05, 0.1) is 23.4 Å². The first-order chi connectivity index (χ1) is 9.10. The summed E-state index contributed by atoms with van der Waals surface area (Å²) in [6.07, 6.45) is 2.99. The summed E-state index contributed by atoms with van der Waals surface area (Å²) in [4.78, 5) is 18.4. The molecule has 0 aliphatic heterocycles. The second kappa shape index (κ2) is 5.30. The number of nitrogens with one attached hydrogen (secondary N) is 1. The number of hydrogen-bond acceptors (Lipinski definition) is 6. The molecule has 0 unspecified atom stereocenters. The molecule has 0 radical (unpaired) electrons. The number of ether oxygens (including phenoxy) is 1. The highest BCUT2D eigenvalue weighted by atomic mass is 16.6. The summed E-state index contributed by atoms with van der Waals surface area (Å²) in [5.41, 5.74) is 0.751. The van der Waals surface area contributed by atoms with Crippen LogP contribution in [0.25, 0.3) is 0 Å². The van der Waals surface area contributed by atoms with Crippen LogP contribution < -0.4 is 10.1 Å². The van der Waals surface area contributed by atoms with Gasteiger partial charge in [-0.2, -0.15) is 4.98 Å². The normalized spacial score (nSPS) is 10.0. The fourth-order valence-corrected chi connectivity index (χ4v) is 1.44. The van der Waals surface area contributed by atoms with Crippen LogP contribution in [0.2, 0.25) is 0 Å². The molecule has 0 bridgehead atoms. The monoisotopic (exact) mass is 260 g/mol. The van der Waals surface area contributed by atoms with Gasteiger partial charge in [-0.25, -0.2) is 0 Å². The van der Waals surface area contributed by atoms with Crippen LogP contribution in [0.3, 0.4) is 0 Å². The molecular formula is C12H12N4O3. The fourth-order valence-electron chi connectivity index (χ4n) is 1.44. The van der Waals surface area contributed by atoms with E-state index in [2.05, 4.69) is 15.3 Å². The van der Waals surface area contributed by atoms with E-state index in [0.717, 1.165) is 5.56 Å². The topological polar surface area (TPSA) is 90.2 Å². The predicted molar refractivity (Wildman–Crippen MR) is 69.5 cm³/mol. The minimum Gasteiger partial charge on any atom is -0.437 e. The van der Waals surface area contributed by atoms with Crippen molar-refractivity contribution < 1.29 is 9.66 Å². The van der Waals surface area contributed by atoms with Crippen molar-refractivity contribution in [2.75, 3.05) is 12.4 Å². The van der Waals surface area contributed by atoms with Gasteiger partial charge in [0.15, 0.2) is 0 Å². The molecule has 0 amide bonds. The van der Waals surface area contributed by atoms with E-state index in [-0.39, 0.29) is 11.6 Å². The molecule has 0 aliphatic carbocycles. The molecular weight excluding hydrogens is 248 g/mol. The van der Waals surface area contributed by atoms with Crippen molar-refractivity contribution in [2.45, 2.75) is 6.92 Å². The highest BCUT2D eigenvalue weighted by Gasteiger charge is 2.11. The smallest absolute Gasteiger partial charge is 0.273 e. The van der Waals surface area contributed by atoms with Gasteiger partial charge in [0, 0.05) is 13.1 Å². The second-order valence-electron chi connectivity index (χ2n) is 3.80. The molecule has 2 rings (SSSR count). The summed E-state index contributed by atoms with van der Waals surface area (Å²) in [6, 6.07) is 4.42. The number of rotatable bonds is 4. The SMILES string of the molecule is CNc1cncc(Oc2cc([N+](=O)[O-])ccc2C)n1. The summed E-state index contributed by atoms with van der Waals surface area (Å²) >= 11 is 0. The average molecular weight is 260 g/mol. The van der Waals surface area contributed by atoms with Crippen LogP contribution in [-0.4, -0.2) is 21.9 Å². The van der Waals surface area contributed by atoms with Crippen molar-refractivity contribution in [3.63, 3.8) is 0 Å². The Morgan fingerprint density at radius 2 is 2.16 bits per heavy atom. The Bertz CT molecular complexity index is 616. The van der Waals surface area contributed by atoms with Gasteiger partial charge in [0.2, 0.25) is 5.88 Å². The first-order valence-corrected chi connectivity index (χ1v) is 5.53. The number of aryl methyl sites for hydroxylation is 1. The van der Waals surface area contributed by atoms with Crippen LogP contribution >= 0.6 is 0 Å². The van der Waals surface area contributed by atoms with Gasteiger partial charge in [0.25, 0.3) is 5.69 Å². The number of anilines is 1. The molecule has 0 spiro atoms. The van der Waals surface area contributed by atoms with Gasteiger partial charge >= 0.3 is 0 Å². The second-order valence-corrected chi connectivity index (χ2v) is 3.80. The molecule has 7 heteroatoms. The van der Waals surface area contributed by atoms with Crippen LogP contribution in [0.1, 0.15) is 5.56 Å². The molecule has 0 aliphatic rings. The predicted octanol–water partition coefficient (Wildman–Crippen LogP) is 2.53. The van der Waals surface area contributed by atoms with Gasteiger partial charge in [-0.05, 0) is 18.6 Å². The Kier molecular flexibility index (Phi) is 3.56. The third kappa shape index (κ3) is 2.95. The minimum atomic E-state index is -0.470. The van der Waals surface area contributed by atoms with Crippen LogP contribution in [0, 0.1) is 17.0 Å². The molecule has 2 aromatic rings. The molecule has 19 heavy (non-hydrogen) atoms. The van der Waals surface area contributed by atoms with E-state index in [4.69, 9.17) is 4.74 Å². The van der Waals surface area contributed by atoms with Crippen molar-refractivity contribution in [1.82, 2.24) is 9.97 Å². The summed E-state index contributed by atoms with van der Waals surface area (Å²) in [7, 11) is 1.71. The van der Waals surface area contributed by atoms with Crippen molar-refractivity contribution >= 4 is 11.5 Å². The lowest BCUT2D eigenvalue weighted by Crippen LogP contribution is -1.97. The number of nitro groups is 1. The highest BCUT2D eigenvalue weighted by molar-refractivity contribution is 5.45. The van der Waals surface area contributed by atoms with Gasteiger partial charge in [-0.15, -0.1) is 0 Å². The van der Waals surface area contributed by atoms with E-state index in [1.54, 1.807) is 26.2 Å². The summed E-state index contributed by atoms with van der Waals surface area (Å²) in [6.45, 7) is 1.80. The zero-order chi connectivity index (χ0) is 13.8. The zero-order valence-corrected chi connectivity index (χ0v) is 10.5. The fraction of sp³-hybridized carbons (Fsp3) is 0.167. The summed E-state index contributed by atoms with van der Waals surface area (Å²) < 4.78 is 5.52. The van der Waals surface area contributed by atoms with E-state index < -0.39 is 4.92 Å². The van der Waals surface area contributed by atoms with Crippen LogP contribution in [0.5, 0.6) is 11.6 Å². The Balaban J connectivity index is 2.31. The third-order valence-corrected chi connectivity index (χ3v) is 2.47. The molecule has 0 atom stereocenters. The quantitative estimate of drug-likeness (QED) is 0.671. The van der Waals surface area contributed by atoms with Crippen molar-refractivity contribution in [3.05, 3.63) is 46.3 Å². The minimum absolute atomic E-state index is 0.0293. The summed E-state index contributed by atoms with van der Waals surface area (Å²) in [5.74, 6) is 1.22. The first-order valence-electron chi connectivity index (χ1n) is 5.53. The standard InChI is InChI=1S/C12H12N4O3/c1-8-3-4-9(16(17)18)5-10(8)19-12-7-14-6-11(13-2)15-12/h3-7H,1-2H3,(H,13,15). The number of benzene rings is 1. The summed E-state index contributed by atoms with van der Waals surface area (Å²) in [5, 5.41) is 13.6. The Morgan fingerprint density at radius 3 is 2.84 bits per heavy atom. The van der Waals surface area contributed by atoms with Crippen LogP contribution in [0.15, 0.2) is 30.6 Å². The van der Waals surface area contributed by atoms with Crippen molar-refractivity contribution in [3.8, 4) is 11.6 Å². The Labute approximate surface area is 109 Å². The molecule has 0 fully saturated rings. The van der Waals surface area contributed by atoms with E-state index >= 15 is 0 Å². The Hall–Kier alpha value is -2.70. The lowest BCUT2D eigenvalue weighted by Gasteiger charge is -2.08. The van der Waals surface area contributed by atoms with Gasteiger partial charge in [0.1, 0.15) is 11.6 Å². The van der Waals surface area contributed by atoms with Gasteiger partial charge in [-0.1, -0.05) is 0 Å². The van der Waals surface area contributed by atoms with Crippen molar-refractivity contribution in [1.29, 1.82) is 0 Å². The number of hydrogen-bond donors (Lipinski definition) is 1. The van der Waals surface area contributed by atoms with Crippen molar-refractivity contribution in [2.24, 2.45) is 0 Å². The molecule has 98 valence electrons. The van der Waals surface area contributed by atoms with Crippen LogP contribution in [0.4, 0.5) is 11.5 Å². The molecule has 7 nitrogen and oxygen atoms in total. The van der Waals surface area contributed by atoms with Gasteiger partial charge < -0.3 is 10.1 Å². The number of nitrogens with zero attached hydrogens (tertiary/aromatic N) is 3. The lowest BCUT2D eigenvalue weighted by atomic mass is 10.2. The largest absolute Gasteiger partial charge is 0.437 e. The Morgan fingerprint density at radius 1 is 1.37 bits per heavy atom. The highest BCUT2D eigenvalue weighted by Crippen LogP contribution is 2.27. The third-order valence-electron chi connectivity index (χ3n) is 2.47. The molecule has 1 aromatic heterocycles. The molecule has 1 N–H and O–H groups in total. The maximum absolute atomic E-state index is 10.7.